The molecule has 29 heavy (non-hydrogen) atoms. The summed E-state index contributed by atoms with van der Waals surface area (Å²) >= 11 is 6.16. The summed E-state index contributed by atoms with van der Waals surface area (Å²) in [5, 5.41) is 6.79. The number of nitrogens with zero attached hydrogens (tertiary/aromatic N) is 3. The topological polar surface area (TPSA) is 67.2 Å². The first kappa shape index (κ1) is 21.2. The minimum absolute atomic E-state index is 0.0172. The first-order valence-corrected chi connectivity index (χ1v) is 9.28. The van der Waals surface area contributed by atoms with Gasteiger partial charge >= 0.3 is 6.18 Å². The number of anilines is 1. The zero-order chi connectivity index (χ0) is 21.6. The van der Waals surface area contributed by atoms with E-state index in [9.17, 15) is 22.8 Å². The fraction of sp³-hybridized carbons (Fsp3) is 0.421. The molecule has 0 aliphatic carbocycles. The number of benzene rings is 1. The largest absolute Gasteiger partial charge is 0.416 e. The van der Waals surface area contributed by atoms with E-state index in [1.165, 1.54) is 18.3 Å². The number of carbonyl (C=O) groups is 1. The molecule has 3 rings (SSSR count). The summed E-state index contributed by atoms with van der Waals surface area (Å²) in [6, 6.07) is 4.00. The summed E-state index contributed by atoms with van der Waals surface area (Å²) in [6.45, 7) is 6.23. The van der Waals surface area contributed by atoms with Crippen LogP contribution in [0.15, 0.2) is 35.3 Å². The van der Waals surface area contributed by atoms with Crippen LogP contribution in [0.1, 0.15) is 32.8 Å². The minimum Gasteiger partial charge on any atom is -0.377 e. The van der Waals surface area contributed by atoms with Crippen LogP contribution in [-0.4, -0.2) is 38.7 Å². The van der Waals surface area contributed by atoms with E-state index < -0.39 is 17.3 Å². The molecule has 1 saturated heterocycles. The maximum absolute atomic E-state index is 12.9. The van der Waals surface area contributed by atoms with E-state index in [0.717, 1.165) is 16.8 Å². The zero-order valence-electron chi connectivity index (χ0n) is 16.0. The van der Waals surface area contributed by atoms with Crippen molar-refractivity contribution in [2.24, 2.45) is 0 Å². The maximum Gasteiger partial charge on any atom is 0.416 e. The van der Waals surface area contributed by atoms with Crippen LogP contribution < -0.4 is 10.9 Å². The van der Waals surface area contributed by atoms with Gasteiger partial charge in [-0.25, -0.2) is 0 Å². The van der Waals surface area contributed by atoms with Gasteiger partial charge in [0.25, 0.3) is 5.56 Å². The van der Waals surface area contributed by atoms with E-state index in [1.54, 1.807) is 4.90 Å². The molecule has 6 nitrogen and oxygen atoms in total. The minimum atomic E-state index is -4.54. The van der Waals surface area contributed by atoms with Crippen LogP contribution >= 0.6 is 11.6 Å². The van der Waals surface area contributed by atoms with E-state index in [1.807, 2.05) is 20.8 Å². The molecule has 0 bridgehead atoms. The number of rotatable bonds is 3. The Hall–Kier alpha value is -2.55. The second kappa shape index (κ2) is 7.37. The number of amides is 1. The molecule has 1 amide bonds. The van der Waals surface area contributed by atoms with E-state index in [-0.39, 0.29) is 40.3 Å². The first-order valence-electron chi connectivity index (χ1n) is 8.90. The van der Waals surface area contributed by atoms with E-state index >= 15 is 0 Å². The Labute approximate surface area is 170 Å². The van der Waals surface area contributed by atoms with Crippen molar-refractivity contribution in [1.29, 1.82) is 0 Å². The monoisotopic (exact) mass is 428 g/mol. The van der Waals surface area contributed by atoms with Gasteiger partial charge < -0.3 is 10.2 Å². The average molecular weight is 429 g/mol. The highest BCUT2D eigenvalue weighted by Gasteiger charge is 2.36. The first-order chi connectivity index (χ1) is 13.4. The zero-order valence-corrected chi connectivity index (χ0v) is 16.8. The summed E-state index contributed by atoms with van der Waals surface area (Å²) in [5.41, 5.74) is -1.80. The van der Waals surface area contributed by atoms with Crippen LogP contribution in [0.4, 0.5) is 18.9 Å². The number of nitrogens with one attached hydrogen (secondary N) is 1. The standard InChI is InChI=1S/C19H20ClF3N4O2/c1-18(2,3)26-10-12(8-15(26)28)25-14-9-24-27(17(29)16(14)20)13-6-4-5-11(7-13)19(21,22)23/h4-7,9,12,25H,8,10H2,1-3H3. The van der Waals surface area contributed by atoms with Crippen LogP contribution in [0.5, 0.6) is 0 Å². The Morgan fingerprint density at radius 2 is 1.90 bits per heavy atom. The van der Waals surface area contributed by atoms with Gasteiger partial charge in [-0.1, -0.05) is 17.7 Å². The molecule has 1 unspecified atom stereocenters. The predicted octanol–water partition coefficient (Wildman–Crippen LogP) is 3.72. The van der Waals surface area contributed by atoms with Gasteiger partial charge in [-0.3, -0.25) is 9.59 Å². The summed E-state index contributed by atoms with van der Waals surface area (Å²) < 4.78 is 39.6. The lowest BCUT2D eigenvalue weighted by atomic mass is 10.1. The lowest BCUT2D eigenvalue weighted by Gasteiger charge is -2.32. The molecule has 1 aliphatic rings. The van der Waals surface area contributed by atoms with E-state index in [2.05, 4.69) is 10.4 Å². The lowest BCUT2D eigenvalue weighted by Crippen LogP contribution is -2.43. The molecule has 1 atom stereocenters. The molecule has 2 aromatic rings. The van der Waals surface area contributed by atoms with Crippen LogP contribution in [0.2, 0.25) is 5.02 Å². The molecule has 1 fully saturated rings. The van der Waals surface area contributed by atoms with Gasteiger partial charge in [0.15, 0.2) is 0 Å². The van der Waals surface area contributed by atoms with Crippen molar-refractivity contribution in [3.63, 3.8) is 0 Å². The summed E-state index contributed by atoms with van der Waals surface area (Å²) in [5.74, 6) is -0.0172. The Balaban J connectivity index is 1.86. The summed E-state index contributed by atoms with van der Waals surface area (Å²) in [7, 11) is 0. The van der Waals surface area contributed by atoms with Crippen molar-refractivity contribution in [3.8, 4) is 5.69 Å². The van der Waals surface area contributed by atoms with Crippen LogP contribution in [0.3, 0.4) is 0 Å². The second-order valence-electron chi connectivity index (χ2n) is 7.86. The Kier molecular flexibility index (Phi) is 5.38. The Bertz CT molecular complexity index is 998. The van der Waals surface area contributed by atoms with Crippen LogP contribution in [-0.2, 0) is 11.0 Å². The highest BCUT2D eigenvalue weighted by Crippen LogP contribution is 2.30. The number of carbonyl (C=O) groups excluding carboxylic acids is 1. The van der Waals surface area contributed by atoms with Gasteiger partial charge in [-0.2, -0.15) is 23.0 Å². The normalized spacial score (nSPS) is 17.7. The van der Waals surface area contributed by atoms with Gasteiger partial charge in [0, 0.05) is 18.5 Å². The Morgan fingerprint density at radius 3 is 2.48 bits per heavy atom. The Morgan fingerprint density at radius 1 is 1.21 bits per heavy atom. The summed E-state index contributed by atoms with van der Waals surface area (Å²) in [4.78, 5) is 26.5. The third-order valence-corrected chi connectivity index (χ3v) is 5.00. The van der Waals surface area contributed by atoms with Crippen LogP contribution in [0.25, 0.3) is 5.69 Å². The number of hydrogen-bond acceptors (Lipinski definition) is 4. The average Bonchev–Trinajstić information content (AvgIpc) is 2.99. The molecule has 1 N–H and O–H groups in total. The molecule has 156 valence electrons. The smallest absolute Gasteiger partial charge is 0.377 e. The van der Waals surface area contributed by atoms with Crippen LogP contribution in [0, 0.1) is 0 Å². The van der Waals surface area contributed by atoms with E-state index in [4.69, 9.17) is 11.6 Å². The molecule has 10 heteroatoms. The van der Waals surface area contributed by atoms with Crippen molar-refractivity contribution in [2.45, 2.75) is 44.9 Å². The third kappa shape index (κ3) is 4.39. The van der Waals surface area contributed by atoms with E-state index in [0.29, 0.717) is 6.54 Å². The fourth-order valence-corrected chi connectivity index (χ4v) is 3.39. The van der Waals surface area contributed by atoms with Crippen molar-refractivity contribution < 1.29 is 18.0 Å². The van der Waals surface area contributed by atoms with Gasteiger partial charge in [-0.15, -0.1) is 0 Å². The molecule has 0 radical (unpaired) electrons. The SMILES string of the molecule is CC(C)(C)N1CC(Nc2cnn(-c3cccc(C(F)(F)F)c3)c(=O)c2Cl)CC1=O. The molecule has 1 aromatic carbocycles. The predicted molar refractivity (Wildman–Crippen MR) is 103 cm³/mol. The fourth-order valence-electron chi connectivity index (χ4n) is 3.20. The van der Waals surface area contributed by atoms with Crippen molar-refractivity contribution in [2.75, 3.05) is 11.9 Å². The lowest BCUT2D eigenvalue weighted by molar-refractivity contribution is -0.137. The van der Waals surface area contributed by atoms with Gasteiger partial charge in [0.2, 0.25) is 5.91 Å². The highest BCUT2D eigenvalue weighted by atomic mass is 35.5. The molecule has 1 aliphatic heterocycles. The number of hydrogen-bond donors (Lipinski definition) is 1. The second-order valence-corrected chi connectivity index (χ2v) is 8.24. The molecule has 0 spiro atoms. The van der Waals surface area contributed by atoms with Crippen molar-refractivity contribution in [1.82, 2.24) is 14.7 Å². The quantitative estimate of drug-likeness (QED) is 0.809. The highest BCUT2D eigenvalue weighted by molar-refractivity contribution is 6.33. The van der Waals surface area contributed by atoms with Gasteiger partial charge in [0.05, 0.1) is 29.2 Å². The molecule has 2 heterocycles. The molecular weight excluding hydrogens is 409 g/mol. The number of halogens is 4. The van der Waals surface area contributed by atoms with Crippen molar-refractivity contribution in [3.05, 3.63) is 51.4 Å². The molecule has 0 saturated carbocycles. The van der Waals surface area contributed by atoms with Gasteiger partial charge in [0.1, 0.15) is 5.02 Å². The maximum atomic E-state index is 12.9. The number of likely N-dealkylation sites (tertiary alicyclic amines) is 1. The molecule has 1 aromatic heterocycles. The van der Waals surface area contributed by atoms with Crippen molar-refractivity contribution >= 4 is 23.2 Å². The number of aromatic nitrogens is 2. The number of alkyl halides is 3. The molecular formula is C19H20ClF3N4O2. The third-order valence-electron chi connectivity index (χ3n) is 4.63. The summed E-state index contributed by atoms with van der Waals surface area (Å²) in [6.07, 6.45) is -3.03. The van der Waals surface area contributed by atoms with Gasteiger partial charge in [-0.05, 0) is 39.0 Å².